The summed E-state index contributed by atoms with van der Waals surface area (Å²) in [7, 11) is 3.15. The third-order valence-electron chi connectivity index (χ3n) is 4.04. The van der Waals surface area contributed by atoms with Gasteiger partial charge in [0.05, 0.1) is 19.9 Å². The third-order valence-corrected chi connectivity index (χ3v) is 4.80. The molecule has 1 amide bonds. The molecule has 0 unspecified atom stereocenters. The Morgan fingerprint density at radius 2 is 1.86 bits per heavy atom. The molecule has 2 aromatic carbocycles. The highest BCUT2D eigenvalue weighted by molar-refractivity contribution is 7.14. The van der Waals surface area contributed by atoms with Gasteiger partial charge in [0, 0.05) is 16.5 Å². The number of carbonyl (C=O) groups is 2. The van der Waals surface area contributed by atoms with Gasteiger partial charge in [0.25, 0.3) is 5.91 Å². The Morgan fingerprint density at radius 3 is 2.59 bits per heavy atom. The van der Waals surface area contributed by atoms with E-state index >= 15 is 0 Å². The Balaban J connectivity index is 1.62. The molecule has 3 rings (SSSR count). The first-order valence-corrected chi connectivity index (χ1v) is 9.59. The quantitative estimate of drug-likeness (QED) is 0.562. The number of hydrogen-bond acceptors (Lipinski definition) is 7. The molecule has 0 saturated heterocycles. The number of carbonyl (C=O) groups excluding carboxylic acids is 2. The second-order valence-corrected chi connectivity index (χ2v) is 6.89. The largest absolute Gasteiger partial charge is 0.493 e. The molecule has 1 heterocycles. The van der Waals surface area contributed by atoms with E-state index in [2.05, 4.69) is 10.3 Å². The van der Waals surface area contributed by atoms with Crippen molar-refractivity contribution in [3.63, 3.8) is 0 Å². The summed E-state index contributed by atoms with van der Waals surface area (Å²) >= 11 is 1.31. The highest BCUT2D eigenvalue weighted by atomic mass is 32.1. The van der Waals surface area contributed by atoms with Crippen LogP contribution in [0.2, 0.25) is 0 Å². The van der Waals surface area contributed by atoms with Gasteiger partial charge >= 0.3 is 0 Å². The molecule has 0 aliphatic rings. The third kappa shape index (κ3) is 5.11. The van der Waals surface area contributed by atoms with Crippen LogP contribution in [0, 0.1) is 0 Å². The number of ketones is 1. The minimum absolute atomic E-state index is 0.0645. The van der Waals surface area contributed by atoms with E-state index < -0.39 is 0 Å². The number of Topliss-reactive ketones (excluding diaryl/α,β-unsaturated/α-hetero) is 1. The summed E-state index contributed by atoms with van der Waals surface area (Å²) in [5.74, 6) is 1.28. The second-order valence-electron chi connectivity index (χ2n) is 6.03. The van der Waals surface area contributed by atoms with E-state index in [1.807, 2.05) is 17.5 Å². The molecule has 0 saturated carbocycles. The van der Waals surface area contributed by atoms with E-state index in [4.69, 9.17) is 14.2 Å². The number of rotatable bonds is 8. The van der Waals surface area contributed by atoms with E-state index in [9.17, 15) is 9.59 Å². The van der Waals surface area contributed by atoms with Crippen LogP contribution < -0.4 is 19.5 Å². The maximum absolute atomic E-state index is 12.2. The summed E-state index contributed by atoms with van der Waals surface area (Å²) in [6.45, 7) is 1.29. The molecule has 150 valence electrons. The van der Waals surface area contributed by atoms with Crippen LogP contribution in [0.15, 0.2) is 47.8 Å². The molecule has 0 radical (unpaired) electrons. The van der Waals surface area contributed by atoms with E-state index in [0.717, 1.165) is 5.56 Å². The summed E-state index contributed by atoms with van der Waals surface area (Å²) in [5.41, 5.74) is 2.08. The number of aromatic nitrogens is 1. The number of nitrogens with zero attached hydrogens (tertiary/aromatic N) is 1. The molecule has 0 fully saturated rings. The van der Waals surface area contributed by atoms with Crippen LogP contribution in [0.1, 0.15) is 17.3 Å². The molecule has 29 heavy (non-hydrogen) atoms. The van der Waals surface area contributed by atoms with Crippen molar-refractivity contribution < 1.29 is 23.8 Å². The number of nitrogens with one attached hydrogen (secondary N) is 1. The van der Waals surface area contributed by atoms with Crippen molar-refractivity contribution in [1.29, 1.82) is 0 Å². The van der Waals surface area contributed by atoms with Gasteiger partial charge in [0.15, 0.2) is 29.0 Å². The number of ether oxygens (including phenoxy) is 3. The van der Waals surface area contributed by atoms with E-state index in [-0.39, 0.29) is 18.3 Å². The Kier molecular flexibility index (Phi) is 6.46. The van der Waals surface area contributed by atoms with Crippen molar-refractivity contribution in [3.8, 4) is 28.5 Å². The fourth-order valence-corrected chi connectivity index (χ4v) is 3.30. The predicted octanol–water partition coefficient (Wildman–Crippen LogP) is 4.05. The summed E-state index contributed by atoms with van der Waals surface area (Å²) in [6.07, 6.45) is 0. The number of thiazole rings is 1. The fraction of sp³-hybridized carbons (Fsp3) is 0.190. The van der Waals surface area contributed by atoms with Crippen molar-refractivity contribution in [2.24, 2.45) is 0 Å². The Bertz CT molecular complexity index is 1030. The summed E-state index contributed by atoms with van der Waals surface area (Å²) in [6, 6.07) is 12.2. The van der Waals surface area contributed by atoms with Gasteiger partial charge in [-0.2, -0.15) is 0 Å². The molecule has 1 N–H and O–H groups in total. The predicted molar refractivity (Wildman–Crippen MR) is 111 cm³/mol. The van der Waals surface area contributed by atoms with Crippen LogP contribution >= 0.6 is 11.3 Å². The number of anilines is 1. The monoisotopic (exact) mass is 412 g/mol. The van der Waals surface area contributed by atoms with Gasteiger partial charge in [-0.3, -0.25) is 14.9 Å². The average Bonchev–Trinajstić information content (AvgIpc) is 3.20. The van der Waals surface area contributed by atoms with Crippen molar-refractivity contribution in [2.75, 3.05) is 26.1 Å². The lowest BCUT2D eigenvalue weighted by atomic mass is 10.1. The van der Waals surface area contributed by atoms with Crippen LogP contribution in [0.4, 0.5) is 5.13 Å². The van der Waals surface area contributed by atoms with Crippen LogP contribution in [-0.4, -0.2) is 37.5 Å². The summed E-state index contributed by atoms with van der Waals surface area (Å²) < 4.78 is 16.0. The first-order valence-electron chi connectivity index (χ1n) is 8.71. The van der Waals surface area contributed by atoms with Crippen molar-refractivity contribution in [3.05, 3.63) is 53.4 Å². The number of amides is 1. The lowest BCUT2D eigenvalue weighted by Crippen LogP contribution is -2.20. The normalized spacial score (nSPS) is 10.3. The lowest BCUT2D eigenvalue weighted by Gasteiger charge is -2.08. The molecule has 7 nitrogen and oxygen atoms in total. The van der Waals surface area contributed by atoms with Gasteiger partial charge in [0.1, 0.15) is 5.75 Å². The summed E-state index contributed by atoms with van der Waals surface area (Å²) in [4.78, 5) is 28.0. The zero-order valence-corrected chi connectivity index (χ0v) is 17.0. The Hall–Kier alpha value is -3.39. The molecule has 0 aliphatic heterocycles. The SMILES string of the molecule is COc1ccc(-c2csc(NC(=O)COc3cccc(C(C)=O)c3)n2)cc1OC. The zero-order valence-electron chi connectivity index (χ0n) is 16.2. The van der Waals surface area contributed by atoms with E-state index in [1.165, 1.54) is 18.3 Å². The van der Waals surface area contributed by atoms with Gasteiger partial charge in [0.2, 0.25) is 0 Å². The topological polar surface area (TPSA) is 86.8 Å². The first-order chi connectivity index (χ1) is 14.0. The Morgan fingerprint density at radius 1 is 1.07 bits per heavy atom. The molecule has 8 heteroatoms. The second kappa shape index (κ2) is 9.20. The van der Waals surface area contributed by atoms with Gasteiger partial charge in [-0.05, 0) is 37.3 Å². The highest BCUT2D eigenvalue weighted by Gasteiger charge is 2.12. The van der Waals surface area contributed by atoms with Crippen LogP contribution in [0.3, 0.4) is 0 Å². The molecule has 1 aromatic heterocycles. The number of methoxy groups -OCH3 is 2. The zero-order chi connectivity index (χ0) is 20.8. The number of hydrogen-bond donors (Lipinski definition) is 1. The molecule has 3 aromatic rings. The molecule has 0 aliphatic carbocycles. The van der Waals surface area contributed by atoms with Gasteiger partial charge in [-0.15, -0.1) is 11.3 Å². The molecule has 0 bridgehead atoms. The lowest BCUT2D eigenvalue weighted by molar-refractivity contribution is -0.118. The van der Waals surface area contributed by atoms with Gasteiger partial charge in [-0.25, -0.2) is 4.98 Å². The molecule has 0 atom stereocenters. The minimum atomic E-state index is -0.341. The van der Waals surface area contributed by atoms with Crippen molar-refractivity contribution in [1.82, 2.24) is 4.98 Å². The maximum Gasteiger partial charge on any atom is 0.264 e. The highest BCUT2D eigenvalue weighted by Crippen LogP contribution is 2.33. The molecular formula is C21H20N2O5S. The first kappa shape index (κ1) is 20.3. The van der Waals surface area contributed by atoms with E-state index in [1.54, 1.807) is 44.6 Å². The smallest absolute Gasteiger partial charge is 0.264 e. The molecule has 0 spiro atoms. The van der Waals surface area contributed by atoms with Crippen LogP contribution in [-0.2, 0) is 4.79 Å². The summed E-state index contributed by atoms with van der Waals surface area (Å²) in [5, 5.41) is 5.01. The van der Waals surface area contributed by atoms with Gasteiger partial charge in [-0.1, -0.05) is 12.1 Å². The Labute approximate surface area is 172 Å². The number of benzene rings is 2. The average molecular weight is 412 g/mol. The molecular weight excluding hydrogens is 392 g/mol. The van der Waals surface area contributed by atoms with Gasteiger partial charge < -0.3 is 14.2 Å². The standard InChI is InChI=1S/C21H20N2O5S/c1-13(24)14-5-4-6-16(9-14)28-11-20(25)23-21-22-17(12-29-21)15-7-8-18(26-2)19(10-15)27-3/h4-10,12H,11H2,1-3H3,(H,22,23,25). The van der Waals surface area contributed by atoms with E-state index in [0.29, 0.717) is 33.6 Å². The van der Waals surface area contributed by atoms with Crippen LogP contribution in [0.5, 0.6) is 17.2 Å². The maximum atomic E-state index is 12.2. The van der Waals surface area contributed by atoms with Crippen molar-refractivity contribution in [2.45, 2.75) is 6.92 Å². The van der Waals surface area contributed by atoms with Crippen LogP contribution in [0.25, 0.3) is 11.3 Å². The fourth-order valence-electron chi connectivity index (χ4n) is 2.57. The minimum Gasteiger partial charge on any atom is -0.493 e. The van der Waals surface area contributed by atoms with Crippen molar-refractivity contribution >= 4 is 28.2 Å².